The summed E-state index contributed by atoms with van der Waals surface area (Å²) in [5.41, 5.74) is 6.78. The minimum Gasteiger partial charge on any atom is -0.357 e. The summed E-state index contributed by atoms with van der Waals surface area (Å²) in [5.74, 6) is -0.305. The van der Waals surface area contributed by atoms with Crippen LogP contribution in [0.4, 0.5) is 0 Å². The average Bonchev–Trinajstić information content (AvgIpc) is 2.99. The molecule has 0 unspecified atom stereocenters. The van der Waals surface area contributed by atoms with Gasteiger partial charge in [0.1, 0.15) is 0 Å². The van der Waals surface area contributed by atoms with E-state index in [9.17, 15) is 4.79 Å². The third-order valence-electron chi connectivity index (χ3n) is 2.84. The van der Waals surface area contributed by atoms with E-state index >= 15 is 0 Å². The van der Waals surface area contributed by atoms with E-state index in [1.165, 1.54) is 6.08 Å². The lowest BCUT2D eigenvalue weighted by molar-refractivity contribution is -0.117. The number of nitrogens with one attached hydrogen (secondary N) is 3. The van der Waals surface area contributed by atoms with Crippen LogP contribution in [0.15, 0.2) is 48.8 Å². The molecule has 0 atom stereocenters. The van der Waals surface area contributed by atoms with E-state index in [1.807, 2.05) is 57.3 Å². The summed E-state index contributed by atoms with van der Waals surface area (Å²) >= 11 is 5.08. The highest BCUT2D eigenvalue weighted by Gasteiger charge is 2.10. The molecule has 3 N–H and O–H groups in total. The normalized spacial score (nSPS) is 11.3. The Bertz CT molecular complexity index is 731. The number of carbonyl (C=O) groups excluding carboxylic acids is 1. The van der Waals surface area contributed by atoms with Gasteiger partial charge in [-0.05, 0) is 51.2 Å². The third-order valence-corrected chi connectivity index (χ3v) is 3.04. The summed E-state index contributed by atoms with van der Waals surface area (Å²) in [7, 11) is 0. The molecule has 0 aliphatic heterocycles. The van der Waals surface area contributed by atoms with E-state index in [0.29, 0.717) is 5.11 Å². The van der Waals surface area contributed by atoms with E-state index in [-0.39, 0.29) is 11.4 Å². The van der Waals surface area contributed by atoms with Gasteiger partial charge in [0, 0.05) is 23.4 Å². The smallest absolute Gasteiger partial charge is 0.262 e. The molecule has 0 saturated heterocycles. The van der Waals surface area contributed by atoms with Gasteiger partial charge < -0.3 is 5.32 Å². The zero-order valence-corrected chi connectivity index (χ0v) is 14.7. The van der Waals surface area contributed by atoms with E-state index in [0.717, 1.165) is 11.3 Å². The number of amides is 1. The van der Waals surface area contributed by atoms with Crippen molar-refractivity contribution in [1.82, 2.24) is 25.9 Å². The Morgan fingerprint density at radius 2 is 1.92 bits per heavy atom. The molecule has 0 fully saturated rings. The highest BCUT2D eigenvalue weighted by Crippen LogP contribution is 2.08. The first kappa shape index (κ1) is 17.7. The van der Waals surface area contributed by atoms with Crippen molar-refractivity contribution in [3.05, 3.63) is 54.4 Å². The van der Waals surface area contributed by atoms with Crippen molar-refractivity contribution < 1.29 is 4.79 Å². The molecule has 0 saturated carbocycles. The number of hydrogen-bond donors (Lipinski definition) is 3. The fraction of sp³-hybridized carbons (Fsp3) is 0.235. The molecule has 1 amide bonds. The zero-order chi connectivity index (χ0) is 17.6. The highest BCUT2D eigenvalue weighted by atomic mass is 32.1. The van der Waals surface area contributed by atoms with Crippen molar-refractivity contribution in [3.63, 3.8) is 0 Å². The standard InChI is InChI=1S/C17H21N5OS/c1-17(2,3)19-16(24)21-20-15(23)10-9-13-11-18-22(12-13)14-7-5-4-6-8-14/h4-12H,1-3H3,(H,20,23)(H2,19,21,24)/b10-9+. The lowest BCUT2D eigenvalue weighted by Gasteiger charge is -2.22. The maximum atomic E-state index is 11.8. The SMILES string of the molecule is CC(C)(C)NC(=S)NNC(=O)/C=C/c1cnn(-c2ccccc2)c1. The maximum Gasteiger partial charge on any atom is 0.262 e. The minimum absolute atomic E-state index is 0.170. The lowest BCUT2D eigenvalue weighted by Crippen LogP contribution is -2.51. The number of thiocarbonyl (C=S) groups is 1. The fourth-order valence-electron chi connectivity index (χ4n) is 1.85. The molecule has 0 radical (unpaired) electrons. The van der Waals surface area contributed by atoms with Crippen LogP contribution in [-0.2, 0) is 4.79 Å². The molecule has 0 aliphatic carbocycles. The summed E-state index contributed by atoms with van der Waals surface area (Å²) in [4.78, 5) is 11.8. The van der Waals surface area contributed by atoms with Crippen LogP contribution in [-0.4, -0.2) is 26.3 Å². The molecule has 0 aliphatic rings. The Hall–Kier alpha value is -2.67. The van der Waals surface area contributed by atoms with Crippen LogP contribution in [0.25, 0.3) is 11.8 Å². The first-order valence-corrected chi connectivity index (χ1v) is 7.91. The van der Waals surface area contributed by atoms with E-state index in [4.69, 9.17) is 12.2 Å². The average molecular weight is 343 g/mol. The van der Waals surface area contributed by atoms with Crippen LogP contribution >= 0.6 is 12.2 Å². The van der Waals surface area contributed by atoms with Gasteiger partial charge in [0.05, 0.1) is 11.9 Å². The first-order chi connectivity index (χ1) is 11.3. The molecule has 7 heteroatoms. The van der Waals surface area contributed by atoms with Gasteiger partial charge in [-0.15, -0.1) is 0 Å². The number of nitrogens with zero attached hydrogens (tertiary/aromatic N) is 2. The molecule has 2 aromatic rings. The van der Waals surface area contributed by atoms with Gasteiger partial charge in [-0.3, -0.25) is 15.6 Å². The van der Waals surface area contributed by atoms with Gasteiger partial charge in [-0.25, -0.2) is 4.68 Å². The van der Waals surface area contributed by atoms with E-state index in [1.54, 1.807) is 17.0 Å². The van der Waals surface area contributed by atoms with Crippen molar-refractivity contribution in [2.45, 2.75) is 26.3 Å². The molecular weight excluding hydrogens is 322 g/mol. The Morgan fingerprint density at radius 3 is 2.58 bits per heavy atom. The maximum absolute atomic E-state index is 11.8. The number of hydrogen-bond acceptors (Lipinski definition) is 3. The van der Waals surface area contributed by atoms with Gasteiger partial charge in [0.25, 0.3) is 5.91 Å². The monoisotopic (exact) mass is 343 g/mol. The molecule has 0 bridgehead atoms. The topological polar surface area (TPSA) is 71.0 Å². The molecule has 2 rings (SSSR count). The summed E-state index contributed by atoms with van der Waals surface area (Å²) < 4.78 is 1.75. The molecule has 6 nitrogen and oxygen atoms in total. The second-order valence-electron chi connectivity index (χ2n) is 6.21. The minimum atomic E-state index is -0.305. The quantitative estimate of drug-likeness (QED) is 0.453. The number of benzene rings is 1. The Kier molecular flexibility index (Phi) is 5.70. The largest absolute Gasteiger partial charge is 0.357 e. The summed E-state index contributed by atoms with van der Waals surface area (Å²) in [6, 6.07) is 9.75. The Morgan fingerprint density at radius 1 is 1.21 bits per heavy atom. The van der Waals surface area contributed by atoms with Crippen LogP contribution in [0, 0.1) is 0 Å². The number of aromatic nitrogens is 2. The van der Waals surface area contributed by atoms with Crippen molar-refractivity contribution in [2.75, 3.05) is 0 Å². The second kappa shape index (κ2) is 7.74. The van der Waals surface area contributed by atoms with Gasteiger partial charge in [0.2, 0.25) is 0 Å². The predicted molar refractivity (Wildman–Crippen MR) is 99.4 cm³/mol. The lowest BCUT2D eigenvalue weighted by atomic mass is 10.1. The van der Waals surface area contributed by atoms with Gasteiger partial charge in [-0.1, -0.05) is 18.2 Å². The van der Waals surface area contributed by atoms with E-state index in [2.05, 4.69) is 21.3 Å². The molecule has 1 aromatic heterocycles. The van der Waals surface area contributed by atoms with E-state index < -0.39 is 0 Å². The van der Waals surface area contributed by atoms with Crippen LogP contribution in [0.1, 0.15) is 26.3 Å². The van der Waals surface area contributed by atoms with Crippen LogP contribution in [0.5, 0.6) is 0 Å². The summed E-state index contributed by atoms with van der Waals surface area (Å²) in [6.07, 6.45) is 6.64. The number of carbonyl (C=O) groups is 1. The van der Waals surface area contributed by atoms with Crippen LogP contribution < -0.4 is 16.2 Å². The fourth-order valence-corrected chi connectivity index (χ4v) is 2.21. The van der Waals surface area contributed by atoms with Crippen LogP contribution in [0.3, 0.4) is 0 Å². The number of para-hydroxylation sites is 1. The van der Waals surface area contributed by atoms with Crippen LogP contribution in [0.2, 0.25) is 0 Å². The second-order valence-corrected chi connectivity index (χ2v) is 6.61. The molecule has 1 heterocycles. The number of rotatable bonds is 3. The molecule has 1 aromatic carbocycles. The van der Waals surface area contributed by atoms with Crippen molar-refractivity contribution in [3.8, 4) is 5.69 Å². The zero-order valence-electron chi connectivity index (χ0n) is 13.9. The Balaban J connectivity index is 1.86. The molecule has 126 valence electrons. The molecule has 0 spiro atoms. The third kappa shape index (κ3) is 5.85. The number of hydrazine groups is 1. The first-order valence-electron chi connectivity index (χ1n) is 7.50. The summed E-state index contributed by atoms with van der Waals surface area (Å²) in [6.45, 7) is 5.94. The van der Waals surface area contributed by atoms with Crippen molar-refractivity contribution >= 4 is 29.3 Å². The molecule has 24 heavy (non-hydrogen) atoms. The highest BCUT2D eigenvalue weighted by molar-refractivity contribution is 7.80. The summed E-state index contributed by atoms with van der Waals surface area (Å²) in [5, 5.41) is 7.67. The van der Waals surface area contributed by atoms with Gasteiger partial charge in [0.15, 0.2) is 5.11 Å². The van der Waals surface area contributed by atoms with Gasteiger partial charge >= 0.3 is 0 Å². The van der Waals surface area contributed by atoms with Gasteiger partial charge in [-0.2, -0.15) is 5.10 Å². The van der Waals surface area contributed by atoms with Crippen molar-refractivity contribution in [1.29, 1.82) is 0 Å². The molecular formula is C17H21N5OS. The van der Waals surface area contributed by atoms with Crippen molar-refractivity contribution in [2.24, 2.45) is 0 Å². The predicted octanol–water partition coefficient (Wildman–Crippen LogP) is 2.18. The Labute approximate surface area is 146 Å².